The molecule has 2 aromatic rings. The van der Waals surface area contributed by atoms with Crippen LogP contribution in [0.15, 0.2) is 22.8 Å². The van der Waals surface area contributed by atoms with Crippen molar-refractivity contribution in [2.75, 3.05) is 7.05 Å². The van der Waals surface area contributed by atoms with Gasteiger partial charge in [-0.15, -0.1) is 0 Å². The van der Waals surface area contributed by atoms with E-state index < -0.39 is 0 Å². The van der Waals surface area contributed by atoms with E-state index in [1.807, 2.05) is 7.05 Å². The second-order valence-electron chi connectivity index (χ2n) is 4.17. The Labute approximate surface area is 104 Å². The monoisotopic (exact) mass is 281 g/mol. The van der Waals surface area contributed by atoms with Crippen LogP contribution < -0.4 is 5.32 Å². The SMILES string of the molecule is CNCc1cccc2c1c(Br)nn2C(C)C. The van der Waals surface area contributed by atoms with Crippen LogP contribution in [-0.2, 0) is 6.54 Å². The Morgan fingerprint density at radius 2 is 2.19 bits per heavy atom. The van der Waals surface area contributed by atoms with Gasteiger partial charge in [0, 0.05) is 18.0 Å². The summed E-state index contributed by atoms with van der Waals surface area (Å²) in [7, 11) is 1.96. The minimum atomic E-state index is 0.374. The number of halogens is 1. The Hall–Kier alpha value is -0.870. The van der Waals surface area contributed by atoms with Crippen LogP contribution in [0.25, 0.3) is 10.9 Å². The van der Waals surface area contributed by atoms with Gasteiger partial charge in [-0.2, -0.15) is 5.10 Å². The average Bonchev–Trinajstić information content (AvgIpc) is 2.58. The molecule has 0 saturated heterocycles. The van der Waals surface area contributed by atoms with Gasteiger partial charge in [0.15, 0.2) is 0 Å². The third-order valence-electron chi connectivity index (χ3n) is 2.63. The molecule has 0 fully saturated rings. The molecule has 0 amide bonds. The van der Waals surface area contributed by atoms with Gasteiger partial charge < -0.3 is 5.32 Å². The lowest BCUT2D eigenvalue weighted by Crippen LogP contribution is -2.05. The normalized spacial score (nSPS) is 11.6. The average molecular weight is 282 g/mol. The molecule has 1 aromatic carbocycles. The highest BCUT2D eigenvalue weighted by atomic mass is 79.9. The number of aromatic nitrogens is 2. The lowest BCUT2D eigenvalue weighted by atomic mass is 10.1. The summed E-state index contributed by atoms with van der Waals surface area (Å²) < 4.78 is 2.99. The number of fused-ring (bicyclic) bond motifs is 1. The van der Waals surface area contributed by atoms with Crippen LogP contribution in [0.3, 0.4) is 0 Å². The predicted octanol–water partition coefficient (Wildman–Crippen LogP) is 3.10. The molecule has 0 unspecified atom stereocenters. The zero-order valence-corrected chi connectivity index (χ0v) is 11.4. The summed E-state index contributed by atoms with van der Waals surface area (Å²) in [4.78, 5) is 0. The number of hydrogen-bond acceptors (Lipinski definition) is 2. The van der Waals surface area contributed by atoms with Gasteiger partial charge in [0.25, 0.3) is 0 Å². The molecule has 16 heavy (non-hydrogen) atoms. The van der Waals surface area contributed by atoms with Gasteiger partial charge in [-0.05, 0) is 48.5 Å². The van der Waals surface area contributed by atoms with Crippen LogP contribution in [-0.4, -0.2) is 16.8 Å². The Morgan fingerprint density at radius 3 is 2.81 bits per heavy atom. The minimum absolute atomic E-state index is 0.374. The number of benzene rings is 1. The zero-order chi connectivity index (χ0) is 11.7. The Morgan fingerprint density at radius 1 is 1.44 bits per heavy atom. The largest absolute Gasteiger partial charge is 0.316 e. The van der Waals surface area contributed by atoms with E-state index in [0.717, 1.165) is 11.1 Å². The van der Waals surface area contributed by atoms with Gasteiger partial charge in [0.05, 0.1) is 5.52 Å². The second kappa shape index (κ2) is 4.55. The molecule has 4 heteroatoms. The first kappa shape index (κ1) is 11.6. The Kier molecular flexibility index (Phi) is 3.30. The lowest BCUT2D eigenvalue weighted by Gasteiger charge is -2.07. The lowest BCUT2D eigenvalue weighted by molar-refractivity contribution is 0.548. The van der Waals surface area contributed by atoms with E-state index in [9.17, 15) is 0 Å². The molecule has 1 aromatic heterocycles. The highest BCUT2D eigenvalue weighted by molar-refractivity contribution is 9.10. The van der Waals surface area contributed by atoms with Gasteiger partial charge in [-0.25, -0.2) is 0 Å². The van der Waals surface area contributed by atoms with Gasteiger partial charge in [0.1, 0.15) is 4.60 Å². The maximum absolute atomic E-state index is 4.54. The molecule has 0 aliphatic carbocycles. The number of nitrogens with one attached hydrogen (secondary N) is 1. The summed E-state index contributed by atoms with van der Waals surface area (Å²) >= 11 is 3.55. The molecular weight excluding hydrogens is 266 g/mol. The minimum Gasteiger partial charge on any atom is -0.316 e. The van der Waals surface area contributed by atoms with Gasteiger partial charge in [-0.3, -0.25) is 4.68 Å². The molecule has 0 radical (unpaired) electrons. The van der Waals surface area contributed by atoms with Crippen LogP contribution in [0, 0.1) is 0 Å². The van der Waals surface area contributed by atoms with Crippen molar-refractivity contribution < 1.29 is 0 Å². The van der Waals surface area contributed by atoms with E-state index >= 15 is 0 Å². The van der Waals surface area contributed by atoms with Crippen molar-refractivity contribution in [3.8, 4) is 0 Å². The molecular formula is C12H16BrN3. The van der Waals surface area contributed by atoms with Gasteiger partial charge in [0.2, 0.25) is 0 Å². The van der Waals surface area contributed by atoms with E-state index in [-0.39, 0.29) is 0 Å². The van der Waals surface area contributed by atoms with Crippen molar-refractivity contribution in [1.82, 2.24) is 15.1 Å². The van der Waals surface area contributed by atoms with Crippen LogP contribution in [0.4, 0.5) is 0 Å². The van der Waals surface area contributed by atoms with Crippen molar-refractivity contribution in [2.45, 2.75) is 26.4 Å². The molecule has 86 valence electrons. The standard InChI is InChI=1S/C12H16BrN3/c1-8(2)16-10-6-4-5-9(7-14-3)11(10)12(13)15-16/h4-6,8,14H,7H2,1-3H3. The van der Waals surface area contributed by atoms with Crippen molar-refractivity contribution >= 4 is 26.8 Å². The molecule has 0 spiro atoms. The molecule has 1 heterocycles. The molecule has 0 saturated carbocycles. The first-order chi connectivity index (χ1) is 7.65. The third-order valence-corrected chi connectivity index (χ3v) is 3.19. The van der Waals surface area contributed by atoms with Gasteiger partial charge in [-0.1, -0.05) is 12.1 Å². The summed E-state index contributed by atoms with van der Waals surface area (Å²) in [6.07, 6.45) is 0. The quantitative estimate of drug-likeness (QED) is 0.937. The van der Waals surface area contributed by atoms with Crippen LogP contribution >= 0.6 is 15.9 Å². The van der Waals surface area contributed by atoms with E-state index in [0.29, 0.717) is 6.04 Å². The third kappa shape index (κ3) is 1.87. The predicted molar refractivity (Wildman–Crippen MR) is 70.6 cm³/mol. The van der Waals surface area contributed by atoms with Crippen molar-refractivity contribution in [3.63, 3.8) is 0 Å². The molecule has 3 nitrogen and oxygen atoms in total. The van der Waals surface area contributed by atoms with E-state index in [1.54, 1.807) is 0 Å². The zero-order valence-electron chi connectivity index (χ0n) is 9.79. The second-order valence-corrected chi connectivity index (χ2v) is 4.92. The topological polar surface area (TPSA) is 29.9 Å². The molecule has 0 bridgehead atoms. The number of nitrogens with zero attached hydrogens (tertiary/aromatic N) is 2. The van der Waals surface area contributed by atoms with E-state index in [2.05, 4.69) is 63.1 Å². The number of hydrogen-bond donors (Lipinski definition) is 1. The van der Waals surface area contributed by atoms with Crippen LogP contribution in [0.2, 0.25) is 0 Å². The molecule has 2 rings (SSSR count). The molecule has 0 aliphatic rings. The highest BCUT2D eigenvalue weighted by Crippen LogP contribution is 2.28. The number of rotatable bonds is 3. The van der Waals surface area contributed by atoms with Crippen molar-refractivity contribution in [2.24, 2.45) is 0 Å². The first-order valence-corrected chi connectivity index (χ1v) is 6.24. The summed E-state index contributed by atoms with van der Waals surface area (Å²) in [6.45, 7) is 5.15. The van der Waals surface area contributed by atoms with Crippen molar-refractivity contribution in [3.05, 3.63) is 28.4 Å². The first-order valence-electron chi connectivity index (χ1n) is 5.45. The highest BCUT2D eigenvalue weighted by Gasteiger charge is 2.13. The van der Waals surface area contributed by atoms with E-state index in [1.165, 1.54) is 16.5 Å². The summed E-state index contributed by atoms with van der Waals surface area (Å²) in [5.74, 6) is 0. The summed E-state index contributed by atoms with van der Waals surface area (Å²) in [6, 6.07) is 6.71. The fourth-order valence-electron chi connectivity index (χ4n) is 1.95. The van der Waals surface area contributed by atoms with Crippen LogP contribution in [0.5, 0.6) is 0 Å². The maximum Gasteiger partial charge on any atom is 0.136 e. The van der Waals surface area contributed by atoms with Gasteiger partial charge >= 0.3 is 0 Å². The maximum atomic E-state index is 4.54. The molecule has 1 N–H and O–H groups in total. The van der Waals surface area contributed by atoms with Crippen LogP contribution in [0.1, 0.15) is 25.5 Å². The molecule has 0 aliphatic heterocycles. The fraction of sp³-hybridized carbons (Fsp3) is 0.417. The van der Waals surface area contributed by atoms with Crippen molar-refractivity contribution in [1.29, 1.82) is 0 Å². The molecule has 0 atom stereocenters. The Balaban J connectivity index is 2.69. The smallest absolute Gasteiger partial charge is 0.136 e. The Bertz CT molecular complexity index is 502. The summed E-state index contributed by atoms with van der Waals surface area (Å²) in [5.41, 5.74) is 2.47. The summed E-state index contributed by atoms with van der Waals surface area (Å²) in [5, 5.41) is 8.94. The fourth-order valence-corrected chi connectivity index (χ4v) is 2.57. The van der Waals surface area contributed by atoms with E-state index in [4.69, 9.17) is 0 Å².